The number of ether oxygens (including phenoxy) is 2. The van der Waals surface area contributed by atoms with Gasteiger partial charge in [-0.1, -0.05) is 19.8 Å². The van der Waals surface area contributed by atoms with Crippen molar-refractivity contribution >= 4 is 21.1 Å². The Labute approximate surface area is 176 Å². The van der Waals surface area contributed by atoms with Gasteiger partial charge in [0.1, 0.15) is 16.4 Å². The number of rotatable bonds is 9. The molecule has 0 amide bonds. The van der Waals surface area contributed by atoms with E-state index in [1.807, 2.05) is 20.8 Å². The van der Waals surface area contributed by atoms with E-state index in [4.69, 9.17) is 14.0 Å². The molecule has 0 aliphatic rings. The lowest BCUT2D eigenvalue weighted by molar-refractivity contribution is 0.301. The van der Waals surface area contributed by atoms with E-state index in [0.29, 0.717) is 41.6 Å². The van der Waals surface area contributed by atoms with E-state index >= 15 is 0 Å². The summed E-state index contributed by atoms with van der Waals surface area (Å²) in [5, 5.41) is 4.62. The molecule has 162 valence electrons. The van der Waals surface area contributed by atoms with Crippen LogP contribution >= 0.6 is 0 Å². The standard InChI is InChI=1S/C22H27NO6S/c1-5-7-8-9-17-14(3)15(4)19(13-21(17)30(24,25)26)28-16-10-11-18-20(12-16)29-23-22(18)27-6-2/h10-13H,5-9H2,1-4H3,(H,24,25,26). The number of hydrogen-bond acceptors (Lipinski definition) is 6. The molecule has 0 unspecified atom stereocenters. The molecular formula is C22H27NO6S. The zero-order valence-corrected chi connectivity index (χ0v) is 18.5. The molecule has 3 aromatic rings. The molecule has 1 N–H and O–H groups in total. The van der Waals surface area contributed by atoms with Crippen LogP contribution in [0, 0.1) is 13.8 Å². The first-order valence-corrected chi connectivity index (χ1v) is 11.5. The van der Waals surface area contributed by atoms with Crippen LogP contribution in [-0.4, -0.2) is 24.7 Å². The first-order chi connectivity index (χ1) is 14.3. The summed E-state index contributed by atoms with van der Waals surface area (Å²) in [6.45, 7) is 8.15. The molecule has 3 rings (SSSR count). The van der Waals surface area contributed by atoms with Gasteiger partial charge in [0.15, 0.2) is 5.58 Å². The van der Waals surface area contributed by atoms with Gasteiger partial charge in [-0.2, -0.15) is 8.42 Å². The Bertz CT molecular complexity index is 1150. The molecule has 0 fully saturated rings. The lowest BCUT2D eigenvalue weighted by Crippen LogP contribution is -2.08. The first kappa shape index (κ1) is 22.1. The second kappa shape index (κ2) is 9.06. The zero-order valence-electron chi connectivity index (χ0n) is 17.7. The topological polar surface area (TPSA) is 98.9 Å². The summed E-state index contributed by atoms with van der Waals surface area (Å²) in [4.78, 5) is -0.101. The SMILES string of the molecule is CCCCCc1c(S(=O)(=O)O)cc(Oc2ccc3c(OCC)noc3c2)c(C)c1C. The number of hydrogen-bond donors (Lipinski definition) is 1. The molecule has 8 heteroatoms. The smallest absolute Gasteiger partial charge is 0.294 e. The zero-order chi connectivity index (χ0) is 21.9. The normalized spacial score (nSPS) is 11.8. The fourth-order valence-corrected chi connectivity index (χ4v) is 4.26. The van der Waals surface area contributed by atoms with Crippen molar-refractivity contribution < 1.29 is 27.0 Å². The van der Waals surface area contributed by atoms with Gasteiger partial charge in [-0.05, 0) is 67.6 Å². The molecule has 0 aliphatic heterocycles. The van der Waals surface area contributed by atoms with E-state index in [1.165, 1.54) is 6.07 Å². The highest BCUT2D eigenvalue weighted by Gasteiger charge is 2.22. The molecule has 0 radical (unpaired) electrons. The monoisotopic (exact) mass is 433 g/mol. The lowest BCUT2D eigenvalue weighted by Gasteiger charge is -2.17. The Morgan fingerprint density at radius 2 is 1.87 bits per heavy atom. The summed E-state index contributed by atoms with van der Waals surface area (Å²) in [6.07, 6.45) is 3.45. The molecule has 1 heterocycles. The van der Waals surface area contributed by atoms with Crippen LogP contribution in [0.3, 0.4) is 0 Å². The van der Waals surface area contributed by atoms with E-state index in [9.17, 15) is 13.0 Å². The minimum atomic E-state index is -4.39. The van der Waals surface area contributed by atoms with Crippen molar-refractivity contribution in [3.63, 3.8) is 0 Å². The maximum Gasteiger partial charge on any atom is 0.294 e. The van der Waals surface area contributed by atoms with Gasteiger partial charge in [0.05, 0.1) is 12.0 Å². The third-order valence-corrected chi connectivity index (χ3v) is 6.09. The number of unbranched alkanes of at least 4 members (excludes halogenated alkanes) is 2. The number of nitrogens with zero attached hydrogens (tertiary/aromatic N) is 1. The van der Waals surface area contributed by atoms with Gasteiger partial charge < -0.3 is 14.0 Å². The van der Waals surface area contributed by atoms with Crippen molar-refractivity contribution in [1.82, 2.24) is 5.16 Å². The van der Waals surface area contributed by atoms with Crippen LogP contribution in [0.1, 0.15) is 49.8 Å². The minimum Gasteiger partial charge on any atom is -0.475 e. The molecule has 2 aromatic carbocycles. The third-order valence-electron chi connectivity index (χ3n) is 5.17. The highest BCUT2D eigenvalue weighted by Crippen LogP contribution is 2.36. The van der Waals surface area contributed by atoms with E-state index in [2.05, 4.69) is 12.1 Å². The fourth-order valence-electron chi connectivity index (χ4n) is 3.43. The van der Waals surface area contributed by atoms with Crippen molar-refractivity contribution in [3.05, 3.63) is 41.0 Å². The Morgan fingerprint density at radius 3 is 2.53 bits per heavy atom. The van der Waals surface area contributed by atoms with Gasteiger partial charge in [-0.15, -0.1) is 0 Å². The van der Waals surface area contributed by atoms with Gasteiger partial charge in [-0.25, -0.2) is 0 Å². The second-order valence-corrected chi connectivity index (χ2v) is 8.60. The van der Waals surface area contributed by atoms with Crippen molar-refractivity contribution in [2.45, 2.75) is 58.3 Å². The fraction of sp³-hybridized carbons (Fsp3) is 0.409. The maximum absolute atomic E-state index is 12.1. The largest absolute Gasteiger partial charge is 0.475 e. The van der Waals surface area contributed by atoms with Crippen LogP contribution in [0.25, 0.3) is 11.0 Å². The van der Waals surface area contributed by atoms with Gasteiger partial charge >= 0.3 is 0 Å². The molecule has 0 spiro atoms. The van der Waals surface area contributed by atoms with Gasteiger partial charge in [0, 0.05) is 12.1 Å². The summed E-state index contributed by atoms with van der Waals surface area (Å²) in [5.74, 6) is 1.24. The molecule has 7 nitrogen and oxygen atoms in total. The summed E-state index contributed by atoms with van der Waals surface area (Å²) < 4.78 is 50.6. The average Bonchev–Trinajstić information content (AvgIpc) is 3.09. The van der Waals surface area contributed by atoms with E-state index in [-0.39, 0.29) is 4.90 Å². The maximum atomic E-state index is 12.1. The molecule has 0 saturated heterocycles. The van der Waals surface area contributed by atoms with Crippen LogP contribution in [-0.2, 0) is 16.5 Å². The molecule has 0 saturated carbocycles. The Kier molecular flexibility index (Phi) is 6.67. The van der Waals surface area contributed by atoms with E-state index < -0.39 is 10.1 Å². The molecule has 0 atom stereocenters. The molecule has 0 aliphatic carbocycles. The van der Waals surface area contributed by atoms with Crippen molar-refractivity contribution in [2.75, 3.05) is 6.61 Å². The summed E-state index contributed by atoms with van der Waals surface area (Å²) in [7, 11) is -4.39. The van der Waals surface area contributed by atoms with Crippen LogP contribution < -0.4 is 9.47 Å². The van der Waals surface area contributed by atoms with Crippen LogP contribution in [0.15, 0.2) is 33.7 Å². The highest BCUT2D eigenvalue weighted by atomic mass is 32.2. The summed E-state index contributed by atoms with van der Waals surface area (Å²) in [6, 6.07) is 6.58. The number of benzene rings is 2. The van der Waals surface area contributed by atoms with Crippen LogP contribution in [0.5, 0.6) is 17.4 Å². The summed E-state index contributed by atoms with van der Waals surface area (Å²) >= 11 is 0. The van der Waals surface area contributed by atoms with E-state index in [0.717, 1.165) is 35.8 Å². The Hall–Kier alpha value is -2.58. The van der Waals surface area contributed by atoms with Crippen molar-refractivity contribution in [2.24, 2.45) is 0 Å². The van der Waals surface area contributed by atoms with Crippen LogP contribution in [0.4, 0.5) is 0 Å². The molecule has 1 aromatic heterocycles. The van der Waals surface area contributed by atoms with E-state index in [1.54, 1.807) is 18.2 Å². The molecule has 30 heavy (non-hydrogen) atoms. The van der Waals surface area contributed by atoms with Crippen LogP contribution in [0.2, 0.25) is 0 Å². The number of aromatic nitrogens is 1. The quantitative estimate of drug-likeness (QED) is 0.345. The van der Waals surface area contributed by atoms with Gasteiger partial charge in [0.2, 0.25) is 0 Å². The average molecular weight is 434 g/mol. The van der Waals surface area contributed by atoms with Crippen molar-refractivity contribution in [1.29, 1.82) is 0 Å². The predicted molar refractivity (Wildman–Crippen MR) is 114 cm³/mol. The lowest BCUT2D eigenvalue weighted by atomic mass is 9.97. The van der Waals surface area contributed by atoms with Gasteiger partial charge in [0.25, 0.3) is 16.0 Å². The second-order valence-electron chi connectivity index (χ2n) is 7.21. The first-order valence-electron chi connectivity index (χ1n) is 10.1. The highest BCUT2D eigenvalue weighted by molar-refractivity contribution is 7.85. The Balaban J connectivity index is 1.99. The molecular weight excluding hydrogens is 406 g/mol. The molecule has 0 bridgehead atoms. The minimum absolute atomic E-state index is 0.101. The number of fused-ring (bicyclic) bond motifs is 1. The third kappa shape index (κ3) is 4.60. The van der Waals surface area contributed by atoms with Crippen molar-refractivity contribution in [3.8, 4) is 17.4 Å². The van der Waals surface area contributed by atoms with Gasteiger partial charge in [-0.3, -0.25) is 4.55 Å². The predicted octanol–water partition coefficient (Wildman–Crippen LogP) is 5.62. The summed E-state index contributed by atoms with van der Waals surface area (Å²) in [5.41, 5.74) is 2.76. The Morgan fingerprint density at radius 1 is 1.10 bits per heavy atom.